The lowest BCUT2D eigenvalue weighted by Crippen LogP contribution is -2.33. The fraction of sp³-hybridized carbons (Fsp3) is 0.320. The molecule has 36 heavy (non-hydrogen) atoms. The second-order valence-electron chi connectivity index (χ2n) is 9.01. The molecule has 0 fully saturated rings. The zero-order chi connectivity index (χ0) is 25.8. The van der Waals surface area contributed by atoms with Gasteiger partial charge in [-0.05, 0) is 29.8 Å². The number of anilines is 2. The van der Waals surface area contributed by atoms with Gasteiger partial charge in [-0.2, -0.15) is 5.10 Å². The van der Waals surface area contributed by atoms with E-state index in [0.29, 0.717) is 36.5 Å². The minimum atomic E-state index is -0.265. The number of nitrogens with one attached hydrogen (secondary N) is 3. The average Bonchev–Trinajstić information content (AvgIpc) is 3.31. The van der Waals surface area contributed by atoms with E-state index in [1.54, 1.807) is 52.6 Å². The Balaban J connectivity index is 1.38. The number of rotatable bonds is 6. The first-order valence-electron chi connectivity index (χ1n) is 11.6. The Bertz CT molecular complexity index is 1250. The number of benzene rings is 1. The Hall–Kier alpha value is -4.41. The van der Waals surface area contributed by atoms with Gasteiger partial charge < -0.3 is 25.3 Å². The van der Waals surface area contributed by atoms with Crippen molar-refractivity contribution in [2.75, 3.05) is 45.0 Å². The lowest BCUT2D eigenvalue weighted by Gasteiger charge is -2.28. The summed E-state index contributed by atoms with van der Waals surface area (Å²) in [6, 6.07) is 10.7. The van der Waals surface area contributed by atoms with Gasteiger partial charge >= 0.3 is 6.03 Å². The highest BCUT2D eigenvalue weighted by molar-refractivity contribution is 5.94. The number of carbonyl (C=O) groups excluding carboxylic acids is 3. The maximum Gasteiger partial charge on any atom is 0.321 e. The Kier molecular flexibility index (Phi) is 7.18. The number of H-pyrrole nitrogens is 1. The SMILES string of the molecule is CN(C)C(=O)Nc1ccc(CNC(=O)c2n[nH]c3c2CN(c2ccc(C(=O)N(C)C)cn2)CC3)cc1. The number of urea groups is 1. The number of fused-ring (bicyclic) bond motifs is 1. The number of hydrogen-bond donors (Lipinski definition) is 3. The van der Waals surface area contributed by atoms with Gasteiger partial charge in [0.25, 0.3) is 11.8 Å². The monoisotopic (exact) mass is 490 g/mol. The lowest BCUT2D eigenvalue weighted by molar-refractivity contribution is 0.0826. The van der Waals surface area contributed by atoms with Crippen LogP contribution in [0.4, 0.5) is 16.3 Å². The molecule has 4 amide bonds. The van der Waals surface area contributed by atoms with Crippen LogP contribution in [-0.4, -0.2) is 77.6 Å². The van der Waals surface area contributed by atoms with Gasteiger partial charge in [-0.15, -0.1) is 0 Å². The van der Waals surface area contributed by atoms with E-state index in [1.165, 1.54) is 9.80 Å². The van der Waals surface area contributed by atoms with Gasteiger partial charge in [0.15, 0.2) is 5.69 Å². The first kappa shape index (κ1) is 24.7. The van der Waals surface area contributed by atoms with Crippen molar-refractivity contribution in [2.45, 2.75) is 19.5 Å². The maximum atomic E-state index is 12.9. The van der Waals surface area contributed by atoms with Gasteiger partial charge in [0, 0.05) is 77.4 Å². The van der Waals surface area contributed by atoms with E-state index < -0.39 is 0 Å². The molecule has 2 aromatic heterocycles. The predicted octanol–water partition coefficient (Wildman–Crippen LogP) is 2.09. The quantitative estimate of drug-likeness (QED) is 0.486. The van der Waals surface area contributed by atoms with Crippen LogP contribution in [0.5, 0.6) is 0 Å². The molecule has 3 N–H and O–H groups in total. The molecule has 1 aliphatic rings. The Morgan fingerprint density at radius 2 is 1.78 bits per heavy atom. The third-order valence-corrected chi connectivity index (χ3v) is 5.94. The van der Waals surface area contributed by atoms with Crippen molar-refractivity contribution in [3.05, 3.63) is 70.7 Å². The van der Waals surface area contributed by atoms with Crippen LogP contribution >= 0.6 is 0 Å². The van der Waals surface area contributed by atoms with E-state index in [0.717, 1.165) is 29.2 Å². The first-order chi connectivity index (χ1) is 17.2. The molecule has 3 aromatic rings. The molecule has 0 bridgehead atoms. The van der Waals surface area contributed by atoms with Gasteiger partial charge in [-0.25, -0.2) is 9.78 Å². The van der Waals surface area contributed by atoms with Crippen molar-refractivity contribution < 1.29 is 14.4 Å². The summed E-state index contributed by atoms with van der Waals surface area (Å²) in [6.45, 7) is 1.54. The highest BCUT2D eigenvalue weighted by Crippen LogP contribution is 2.24. The van der Waals surface area contributed by atoms with Gasteiger partial charge in [-0.3, -0.25) is 14.7 Å². The molecule has 11 heteroatoms. The van der Waals surface area contributed by atoms with E-state index in [4.69, 9.17) is 0 Å². The zero-order valence-corrected chi connectivity index (χ0v) is 20.8. The van der Waals surface area contributed by atoms with Crippen molar-refractivity contribution in [3.8, 4) is 0 Å². The molecule has 4 rings (SSSR count). The van der Waals surface area contributed by atoms with Gasteiger partial charge in [0.2, 0.25) is 0 Å². The fourth-order valence-electron chi connectivity index (χ4n) is 3.84. The fourth-order valence-corrected chi connectivity index (χ4v) is 3.84. The third-order valence-electron chi connectivity index (χ3n) is 5.94. The molecule has 1 aliphatic heterocycles. The highest BCUT2D eigenvalue weighted by Gasteiger charge is 2.26. The molecule has 1 aromatic carbocycles. The van der Waals surface area contributed by atoms with Crippen molar-refractivity contribution in [1.82, 2.24) is 30.3 Å². The van der Waals surface area contributed by atoms with Crippen LogP contribution in [0.25, 0.3) is 0 Å². The smallest absolute Gasteiger partial charge is 0.321 e. The molecular weight excluding hydrogens is 460 g/mol. The van der Waals surface area contributed by atoms with E-state index in [1.807, 2.05) is 18.2 Å². The van der Waals surface area contributed by atoms with Crippen molar-refractivity contribution in [1.29, 1.82) is 0 Å². The maximum absolute atomic E-state index is 12.9. The van der Waals surface area contributed by atoms with Crippen LogP contribution in [0.2, 0.25) is 0 Å². The van der Waals surface area contributed by atoms with Crippen molar-refractivity contribution in [2.24, 2.45) is 0 Å². The third kappa shape index (κ3) is 5.45. The van der Waals surface area contributed by atoms with Gasteiger partial charge in [0.1, 0.15) is 5.82 Å². The summed E-state index contributed by atoms with van der Waals surface area (Å²) >= 11 is 0. The Morgan fingerprint density at radius 1 is 1.03 bits per heavy atom. The Morgan fingerprint density at radius 3 is 2.42 bits per heavy atom. The number of carbonyl (C=O) groups is 3. The molecule has 0 saturated carbocycles. The average molecular weight is 491 g/mol. The summed E-state index contributed by atoms with van der Waals surface area (Å²) in [5, 5.41) is 13.0. The van der Waals surface area contributed by atoms with Crippen LogP contribution in [0.3, 0.4) is 0 Å². The molecule has 0 radical (unpaired) electrons. The van der Waals surface area contributed by atoms with Crippen molar-refractivity contribution in [3.63, 3.8) is 0 Å². The number of nitrogens with zero attached hydrogens (tertiary/aromatic N) is 5. The number of pyridine rings is 1. The summed E-state index contributed by atoms with van der Waals surface area (Å²) in [6.07, 6.45) is 2.28. The number of aromatic amines is 1. The summed E-state index contributed by atoms with van der Waals surface area (Å²) in [4.78, 5) is 46.3. The van der Waals surface area contributed by atoms with E-state index in [2.05, 4.69) is 30.7 Å². The van der Waals surface area contributed by atoms with Crippen LogP contribution < -0.4 is 15.5 Å². The normalized spacial score (nSPS) is 12.5. The van der Waals surface area contributed by atoms with Crippen molar-refractivity contribution >= 4 is 29.4 Å². The second-order valence-corrected chi connectivity index (χ2v) is 9.01. The molecule has 0 unspecified atom stereocenters. The van der Waals surface area contributed by atoms with Gasteiger partial charge in [-0.1, -0.05) is 12.1 Å². The van der Waals surface area contributed by atoms with E-state index >= 15 is 0 Å². The van der Waals surface area contributed by atoms with Crippen LogP contribution in [-0.2, 0) is 19.5 Å². The van der Waals surface area contributed by atoms with Crippen LogP contribution in [0.15, 0.2) is 42.6 Å². The minimum Gasteiger partial charge on any atom is -0.352 e. The second kappa shape index (κ2) is 10.5. The predicted molar refractivity (Wildman–Crippen MR) is 136 cm³/mol. The standard InChI is InChI=1S/C25H30N8O3/c1-31(2)24(35)17-7-10-21(26-14-17)33-12-11-20-19(15-33)22(30-29-20)23(34)27-13-16-5-8-18(9-6-16)28-25(36)32(3)4/h5-10,14H,11-13,15H2,1-4H3,(H,27,34)(H,28,36)(H,29,30). The van der Waals surface area contributed by atoms with Crippen LogP contribution in [0, 0.1) is 0 Å². The number of amides is 4. The molecule has 11 nitrogen and oxygen atoms in total. The zero-order valence-electron chi connectivity index (χ0n) is 20.8. The molecule has 0 atom stereocenters. The van der Waals surface area contributed by atoms with Crippen LogP contribution in [0.1, 0.15) is 37.7 Å². The van der Waals surface area contributed by atoms with E-state index in [9.17, 15) is 14.4 Å². The molecule has 0 saturated heterocycles. The summed E-state index contributed by atoms with van der Waals surface area (Å²) in [7, 11) is 6.75. The molecule has 0 aliphatic carbocycles. The van der Waals surface area contributed by atoms with Gasteiger partial charge in [0.05, 0.1) is 5.56 Å². The molecule has 188 valence electrons. The summed E-state index contributed by atoms with van der Waals surface area (Å²) in [5.41, 5.74) is 4.25. The lowest BCUT2D eigenvalue weighted by atomic mass is 10.0. The minimum absolute atomic E-state index is 0.100. The largest absolute Gasteiger partial charge is 0.352 e. The number of hydrogen-bond acceptors (Lipinski definition) is 6. The summed E-state index contributed by atoms with van der Waals surface area (Å²) < 4.78 is 0. The summed E-state index contributed by atoms with van der Waals surface area (Å²) in [5.74, 6) is 0.376. The molecule has 0 spiro atoms. The molecular formula is C25H30N8O3. The van der Waals surface area contributed by atoms with E-state index in [-0.39, 0.29) is 17.8 Å². The molecule has 3 heterocycles. The highest BCUT2D eigenvalue weighted by atomic mass is 16.2. The Labute approximate surface area is 209 Å². The topological polar surface area (TPSA) is 127 Å². The first-order valence-corrected chi connectivity index (χ1v) is 11.6. The number of aromatic nitrogens is 3.